The van der Waals surface area contributed by atoms with Crippen LogP contribution in [0.15, 0.2) is 0 Å². The lowest BCUT2D eigenvalue weighted by atomic mass is 9.52. The summed E-state index contributed by atoms with van der Waals surface area (Å²) in [7, 11) is 0. The molecule has 4 fully saturated rings. The highest BCUT2D eigenvalue weighted by Crippen LogP contribution is 2.63. The first-order valence-corrected chi connectivity index (χ1v) is 10.8. The van der Waals surface area contributed by atoms with E-state index < -0.39 is 5.79 Å². The van der Waals surface area contributed by atoms with Gasteiger partial charge in [-0.25, -0.2) is 0 Å². The normalized spacial score (nSPS) is 46.0. The summed E-state index contributed by atoms with van der Waals surface area (Å²) >= 11 is 0. The molecule has 3 saturated carbocycles. The summed E-state index contributed by atoms with van der Waals surface area (Å²) in [6.07, 6.45) is 10.5. The molecule has 0 aromatic heterocycles. The van der Waals surface area contributed by atoms with Crippen LogP contribution in [0, 0.1) is 35.0 Å². The molecule has 142 valence electrons. The zero-order chi connectivity index (χ0) is 17.7. The molecule has 0 amide bonds. The molecule has 0 aromatic rings. The van der Waals surface area contributed by atoms with Crippen LogP contribution in [-0.2, 0) is 14.3 Å². The predicted molar refractivity (Wildman–Crippen MR) is 98.1 cm³/mol. The molecule has 0 radical (unpaired) electrons. The molecule has 1 aliphatic heterocycles. The summed E-state index contributed by atoms with van der Waals surface area (Å²) in [6.45, 7) is 8.38. The highest BCUT2D eigenvalue weighted by atomic mass is 16.7. The minimum absolute atomic E-state index is 0.258. The van der Waals surface area contributed by atoms with Gasteiger partial charge in [-0.15, -0.1) is 0 Å². The molecule has 4 aliphatic rings. The lowest BCUT2D eigenvalue weighted by Crippen LogP contribution is -2.47. The first kappa shape index (κ1) is 18.0. The third-order valence-electron chi connectivity index (χ3n) is 8.64. The van der Waals surface area contributed by atoms with Crippen LogP contribution >= 0.6 is 0 Å². The SMILES string of the molecule is CC[C@@H]1CCC2C3CCC(=O)C(CCC4(C)OCCO4)C3CC[C@]21C. The predicted octanol–water partition coefficient (Wildman–Crippen LogP) is 4.98. The van der Waals surface area contributed by atoms with Crippen LogP contribution in [-0.4, -0.2) is 24.8 Å². The largest absolute Gasteiger partial charge is 0.348 e. The van der Waals surface area contributed by atoms with E-state index in [1.807, 2.05) is 6.92 Å². The Kier molecular flexibility index (Phi) is 4.77. The van der Waals surface area contributed by atoms with Gasteiger partial charge < -0.3 is 9.47 Å². The van der Waals surface area contributed by atoms with Gasteiger partial charge >= 0.3 is 0 Å². The van der Waals surface area contributed by atoms with E-state index in [9.17, 15) is 4.79 Å². The minimum atomic E-state index is -0.447. The molecule has 4 rings (SSSR count). The van der Waals surface area contributed by atoms with E-state index in [0.29, 0.717) is 30.3 Å². The third kappa shape index (κ3) is 3.00. The summed E-state index contributed by atoms with van der Waals surface area (Å²) in [5.74, 6) is 3.52. The second kappa shape index (κ2) is 6.64. The number of ether oxygens (including phenoxy) is 2. The molecule has 3 nitrogen and oxygen atoms in total. The van der Waals surface area contributed by atoms with Crippen LogP contribution in [0.1, 0.15) is 78.6 Å². The molecule has 3 aliphatic carbocycles. The Balaban J connectivity index is 1.48. The molecule has 0 bridgehead atoms. The molecular weight excluding hydrogens is 312 g/mol. The zero-order valence-electron chi connectivity index (χ0n) is 16.4. The Hall–Kier alpha value is -0.410. The standard InChI is InChI=1S/C22H36O3/c1-4-15-5-7-19-17-6-8-20(23)18(16(17)9-11-21(15,19)2)10-12-22(3)24-13-14-25-22/h15-19H,4-14H2,1-3H3/t15-,16?,17?,18?,19?,21+/m1/s1. The number of carbonyl (C=O) groups is 1. The van der Waals surface area contributed by atoms with Gasteiger partial charge in [-0.2, -0.15) is 0 Å². The number of fused-ring (bicyclic) bond motifs is 3. The molecule has 1 heterocycles. The van der Waals surface area contributed by atoms with Crippen molar-refractivity contribution in [1.82, 2.24) is 0 Å². The number of hydrogen-bond acceptors (Lipinski definition) is 3. The van der Waals surface area contributed by atoms with Crippen LogP contribution in [0.5, 0.6) is 0 Å². The highest BCUT2D eigenvalue weighted by Gasteiger charge is 2.56. The van der Waals surface area contributed by atoms with Crippen LogP contribution in [0.25, 0.3) is 0 Å². The van der Waals surface area contributed by atoms with Gasteiger partial charge in [0.05, 0.1) is 13.2 Å². The molecule has 3 heteroatoms. The van der Waals surface area contributed by atoms with E-state index >= 15 is 0 Å². The second-order valence-electron chi connectivity index (χ2n) is 9.64. The Morgan fingerprint density at radius 3 is 2.52 bits per heavy atom. The van der Waals surface area contributed by atoms with Crippen molar-refractivity contribution >= 4 is 5.78 Å². The minimum Gasteiger partial charge on any atom is -0.348 e. The van der Waals surface area contributed by atoms with E-state index in [-0.39, 0.29) is 5.92 Å². The van der Waals surface area contributed by atoms with Crippen molar-refractivity contribution in [2.75, 3.05) is 13.2 Å². The summed E-state index contributed by atoms with van der Waals surface area (Å²) < 4.78 is 11.6. The van der Waals surface area contributed by atoms with Gasteiger partial charge in [0.15, 0.2) is 5.79 Å². The van der Waals surface area contributed by atoms with Gasteiger partial charge in [0.1, 0.15) is 5.78 Å². The maximum atomic E-state index is 12.8. The zero-order valence-corrected chi connectivity index (χ0v) is 16.4. The van der Waals surface area contributed by atoms with Gasteiger partial charge in [0.2, 0.25) is 0 Å². The molecule has 0 aromatic carbocycles. The van der Waals surface area contributed by atoms with Gasteiger partial charge in [-0.3, -0.25) is 4.79 Å². The van der Waals surface area contributed by atoms with E-state index in [0.717, 1.165) is 43.4 Å². The first-order chi connectivity index (χ1) is 12.0. The van der Waals surface area contributed by atoms with Crippen molar-refractivity contribution in [1.29, 1.82) is 0 Å². The summed E-state index contributed by atoms with van der Waals surface area (Å²) in [4.78, 5) is 12.8. The van der Waals surface area contributed by atoms with Crippen LogP contribution in [0.2, 0.25) is 0 Å². The lowest BCUT2D eigenvalue weighted by Gasteiger charge is -2.52. The Bertz CT molecular complexity index is 509. The fraction of sp³-hybridized carbons (Fsp3) is 0.955. The summed E-state index contributed by atoms with van der Waals surface area (Å²) in [6, 6.07) is 0. The fourth-order valence-electron chi connectivity index (χ4n) is 7.24. The van der Waals surface area contributed by atoms with Crippen molar-refractivity contribution in [3.63, 3.8) is 0 Å². The van der Waals surface area contributed by atoms with Crippen molar-refractivity contribution < 1.29 is 14.3 Å². The lowest BCUT2D eigenvalue weighted by molar-refractivity contribution is -0.155. The molecule has 4 unspecified atom stereocenters. The molecule has 6 atom stereocenters. The van der Waals surface area contributed by atoms with Crippen molar-refractivity contribution in [3.05, 3.63) is 0 Å². The van der Waals surface area contributed by atoms with E-state index in [1.165, 1.54) is 32.1 Å². The Labute approximate surface area is 153 Å². The van der Waals surface area contributed by atoms with Crippen LogP contribution in [0.4, 0.5) is 0 Å². The second-order valence-corrected chi connectivity index (χ2v) is 9.64. The maximum Gasteiger partial charge on any atom is 0.165 e. The van der Waals surface area contributed by atoms with E-state index in [4.69, 9.17) is 9.47 Å². The van der Waals surface area contributed by atoms with Crippen LogP contribution < -0.4 is 0 Å². The smallest absolute Gasteiger partial charge is 0.165 e. The number of ketones is 1. The molecule has 0 N–H and O–H groups in total. The third-order valence-corrected chi connectivity index (χ3v) is 8.64. The molecule has 25 heavy (non-hydrogen) atoms. The average molecular weight is 349 g/mol. The molecule has 0 spiro atoms. The van der Waals surface area contributed by atoms with Gasteiger partial charge in [0.25, 0.3) is 0 Å². The van der Waals surface area contributed by atoms with E-state index in [1.54, 1.807) is 0 Å². The number of carbonyl (C=O) groups excluding carboxylic acids is 1. The van der Waals surface area contributed by atoms with E-state index in [2.05, 4.69) is 13.8 Å². The maximum absolute atomic E-state index is 12.8. The quantitative estimate of drug-likeness (QED) is 0.719. The molecule has 1 saturated heterocycles. The highest BCUT2D eigenvalue weighted by molar-refractivity contribution is 5.82. The monoisotopic (exact) mass is 348 g/mol. The Morgan fingerprint density at radius 2 is 1.80 bits per heavy atom. The van der Waals surface area contributed by atoms with Gasteiger partial charge in [0, 0.05) is 18.8 Å². The summed E-state index contributed by atoms with van der Waals surface area (Å²) in [5, 5.41) is 0. The fourth-order valence-corrected chi connectivity index (χ4v) is 7.24. The van der Waals surface area contributed by atoms with Crippen molar-refractivity contribution in [2.45, 2.75) is 84.3 Å². The average Bonchev–Trinajstić information content (AvgIpc) is 3.17. The van der Waals surface area contributed by atoms with Crippen molar-refractivity contribution in [2.24, 2.45) is 35.0 Å². The Morgan fingerprint density at radius 1 is 1.04 bits per heavy atom. The molecular formula is C22H36O3. The number of hydrogen-bond donors (Lipinski definition) is 0. The van der Waals surface area contributed by atoms with Gasteiger partial charge in [-0.1, -0.05) is 20.3 Å². The first-order valence-electron chi connectivity index (χ1n) is 10.8. The topological polar surface area (TPSA) is 35.5 Å². The number of Topliss-reactive ketones (excluding diaryl/α,β-unsaturated/α-hetero) is 1. The van der Waals surface area contributed by atoms with Crippen molar-refractivity contribution in [3.8, 4) is 0 Å². The van der Waals surface area contributed by atoms with Gasteiger partial charge in [-0.05, 0) is 74.5 Å². The number of rotatable bonds is 4. The summed E-state index contributed by atoms with van der Waals surface area (Å²) in [5.41, 5.74) is 0.546. The van der Waals surface area contributed by atoms with Crippen LogP contribution in [0.3, 0.4) is 0 Å².